The summed E-state index contributed by atoms with van der Waals surface area (Å²) in [7, 11) is 0. The Morgan fingerprint density at radius 3 is 3.00 bits per heavy atom. The summed E-state index contributed by atoms with van der Waals surface area (Å²) in [5.41, 5.74) is 1.01. The molecule has 0 unspecified atom stereocenters. The van der Waals surface area contributed by atoms with Crippen LogP contribution in [-0.2, 0) is 6.54 Å². The molecule has 8 heteroatoms. The quantitative estimate of drug-likeness (QED) is 0.776. The highest BCUT2D eigenvalue weighted by Crippen LogP contribution is 2.38. The van der Waals surface area contributed by atoms with E-state index in [4.69, 9.17) is 0 Å². The number of nitrogens with one attached hydrogen (secondary N) is 2. The van der Waals surface area contributed by atoms with Gasteiger partial charge in [-0.1, -0.05) is 0 Å². The maximum atomic E-state index is 11.7. The van der Waals surface area contributed by atoms with Gasteiger partial charge in [-0.05, 0) is 18.9 Å². The normalized spacial score (nSPS) is 14.2. The molecule has 0 radical (unpaired) electrons. The first-order valence-corrected chi connectivity index (χ1v) is 6.46. The second kappa shape index (κ2) is 5.24. The van der Waals surface area contributed by atoms with Crippen LogP contribution in [0.2, 0.25) is 0 Å². The fourth-order valence-corrected chi connectivity index (χ4v) is 1.90. The van der Waals surface area contributed by atoms with Gasteiger partial charge >= 0.3 is 0 Å². The minimum absolute atomic E-state index is 0.162. The number of H-pyrrole nitrogens is 1. The van der Waals surface area contributed by atoms with Crippen molar-refractivity contribution in [1.82, 2.24) is 30.5 Å². The average molecular weight is 274 g/mol. The summed E-state index contributed by atoms with van der Waals surface area (Å²) >= 11 is 0. The van der Waals surface area contributed by atoms with E-state index >= 15 is 0 Å². The number of nitrogens with zero attached hydrogens (tertiary/aromatic N) is 4. The van der Waals surface area contributed by atoms with Crippen LogP contribution in [0.4, 0.5) is 0 Å². The zero-order valence-electron chi connectivity index (χ0n) is 10.7. The summed E-state index contributed by atoms with van der Waals surface area (Å²) in [6.45, 7) is 0.649. The highest BCUT2D eigenvalue weighted by molar-refractivity contribution is 5.91. The van der Waals surface area contributed by atoms with Gasteiger partial charge in [0.25, 0.3) is 11.5 Å². The molecule has 2 aromatic heterocycles. The van der Waals surface area contributed by atoms with Crippen molar-refractivity contribution in [1.29, 1.82) is 0 Å². The largest absolute Gasteiger partial charge is 0.349 e. The van der Waals surface area contributed by atoms with E-state index in [1.54, 1.807) is 6.07 Å². The molecule has 1 amide bonds. The lowest BCUT2D eigenvalue weighted by molar-refractivity contribution is 0.0946. The predicted molar refractivity (Wildman–Crippen MR) is 69.2 cm³/mol. The Balaban J connectivity index is 1.59. The van der Waals surface area contributed by atoms with Gasteiger partial charge in [0.05, 0.1) is 18.4 Å². The van der Waals surface area contributed by atoms with Crippen molar-refractivity contribution in [3.05, 3.63) is 40.1 Å². The van der Waals surface area contributed by atoms with E-state index in [-0.39, 0.29) is 17.2 Å². The Morgan fingerprint density at radius 2 is 2.30 bits per heavy atom. The Labute approximate surface area is 114 Å². The molecule has 1 aliphatic carbocycles. The molecule has 0 saturated heterocycles. The van der Waals surface area contributed by atoms with Crippen molar-refractivity contribution in [3.63, 3.8) is 0 Å². The molecule has 1 saturated carbocycles. The molecule has 0 spiro atoms. The first kappa shape index (κ1) is 12.5. The first-order valence-electron chi connectivity index (χ1n) is 6.46. The van der Waals surface area contributed by atoms with E-state index in [9.17, 15) is 9.59 Å². The Morgan fingerprint density at radius 1 is 1.45 bits per heavy atom. The third-order valence-electron chi connectivity index (χ3n) is 3.14. The van der Waals surface area contributed by atoms with Crippen LogP contribution in [0, 0.1) is 0 Å². The maximum absolute atomic E-state index is 11.7. The van der Waals surface area contributed by atoms with Crippen molar-refractivity contribution in [3.8, 4) is 0 Å². The summed E-state index contributed by atoms with van der Waals surface area (Å²) < 4.78 is 1.39. The average Bonchev–Trinajstić information content (AvgIpc) is 3.15. The van der Waals surface area contributed by atoms with Crippen molar-refractivity contribution in [2.75, 3.05) is 6.54 Å². The summed E-state index contributed by atoms with van der Waals surface area (Å²) in [6.07, 6.45) is 3.61. The van der Waals surface area contributed by atoms with Gasteiger partial charge < -0.3 is 5.32 Å². The Bertz CT molecular complexity index is 659. The first-order chi connectivity index (χ1) is 9.74. The van der Waals surface area contributed by atoms with Gasteiger partial charge in [0, 0.05) is 18.5 Å². The molecule has 104 valence electrons. The number of amides is 1. The van der Waals surface area contributed by atoms with E-state index in [0.29, 0.717) is 19.0 Å². The molecule has 20 heavy (non-hydrogen) atoms. The number of aromatic nitrogens is 5. The molecular weight excluding hydrogens is 260 g/mol. The van der Waals surface area contributed by atoms with Crippen LogP contribution in [0.1, 0.15) is 34.9 Å². The monoisotopic (exact) mass is 274 g/mol. The van der Waals surface area contributed by atoms with Crippen LogP contribution in [-0.4, -0.2) is 37.6 Å². The topological polar surface area (TPSA) is 106 Å². The van der Waals surface area contributed by atoms with Gasteiger partial charge in [-0.3, -0.25) is 9.59 Å². The minimum Gasteiger partial charge on any atom is -0.349 e. The molecule has 1 aliphatic rings. The molecular formula is C12H14N6O2. The van der Waals surface area contributed by atoms with E-state index in [2.05, 4.69) is 25.8 Å². The van der Waals surface area contributed by atoms with Gasteiger partial charge in [0.2, 0.25) is 0 Å². The number of aromatic amines is 1. The van der Waals surface area contributed by atoms with Crippen molar-refractivity contribution in [2.24, 2.45) is 0 Å². The van der Waals surface area contributed by atoms with Crippen LogP contribution in [0.5, 0.6) is 0 Å². The van der Waals surface area contributed by atoms with Crippen molar-refractivity contribution >= 4 is 5.91 Å². The molecule has 0 atom stereocenters. The standard InChI is InChI=1S/C12H14N6O2/c19-11-4-3-9(8-1-2-8)16-18(11)6-5-13-12(20)10-7-14-17-15-10/h3-4,7-8H,1-2,5-6H2,(H,13,20)(H,14,15,17). The van der Waals surface area contributed by atoms with Gasteiger partial charge in [-0.2, -0.15) is 20.5 Å². The summed E-state index contributed by atoms with van der Waals surface area (Å²) in [6, 6.07) is 3.31. The molecule has 3 rings (SSSR count). The lowest BCUT2D eigenvalue weighted by atomic mass is 10.3. The molecule has 1 fully saturated rings. The van der Waals surface area contributed by atoms with Crippen LogP contribution in [0.25, 0.3) is 0 Å². The van der Waals surface area contributed by atoms with Crippen LogP contribution in [0.15, 0.2) is 23.1 Å². The second-order valence-corrected chi connectivity index (χ2v) is 4.70. The maximum Gasteiger partial charge on any atom is 0.273 e. The summed E-state index contributed by atoms with van der Waals surface area (Å²) in [5, 5.41) is 16.6. The molecule has 0 aliphatic heterocycles. The highest BCUT2D eigenvalue weighted by Gasteiger charge is 2.25. The second-order valence-electron chi connectivity index (χ2n) is 4.70. The Hall–Kier alpha value is -2.51. The number of hydrogen-bond donors (Lipinski definition) is 2. The fraction of sp³-hybridized carbons (Fsp3) is 0.417. The van der Waals surface area contributed by atoms with Crippen molar-refractivity contribution < 1.29 is 4.79 Å². The number of carbonyl (C=O) groups is 1. The van der Waals surface area contributed by atoms with Gasteiger partial charge in [0.15, 0.2) is 5.69 Å². The lowest BCUT2D eigenvalue weighted by Crippen LogP contribution is -2.32. The van der Waals surface area contributed by atoms with E-state index < -0.39 is 0 Å². The summed E-state index contributed by atoms with van der Waals surface area (Å²) in [5.74, 6) is 0.164. The van der Waals surface area contributed by atoms with Crippen LogP contribution < -0.4 is 10.9 Å². The smallest absolute Gasteiger partial charge is 0.273 e. The molecule has 8 nitrogen and oxygen atoms in total. The summed E-state index contributed by atoms with van der Waals surface area (Å²) in [4.78, 5) is 23.3. The predicted octanol–water partition coefficient (Wildman–Crippen LogP) is -0.331. The van der Waals surface area contributed by atoms with Crippen LogP contribution in [0.3, 0.4) is 0 Å². The lowest BCUT2D eigenvalue weighted by Gasteiger charge is -2.07. The molecule has 2 heterocycles. The zero-order valence-corrected chi connectivity index (χ0v) is 10.7. The minimum atomic E-state index is -0.329. The van der Waals surface area contributed by atoms with Crippen molar-refractivity contribution in [2.45, 2.75) is 25.3 Å². The van der Waals surface area contributed by atoms with Gasteiger partial charge in [0.1, 0.15) is 0 Å². The molecule has 2 N–H and O–H groups in total. The van der Waals surface area contributed by atoms with Gasteiger partial charge in [-0.25, -0.2) is 4.68 Å². The Kier molecular flexibility index (Phi) is 3.28. The van der Waals surface area contributed by atoms with Gasteiger partial charge in [-0.15, -0.1) is 0 Å². The van der Waals surface area contributed by atoms with E-state index in [0.717, 1.165) is 18.5 Å². The molecule has 0 aromatic carbocycles. The van der Waals surface area contributed by atoms with E-state index in [1.165, 1.54) is 16.9 Å². The number of rotatable bonds is 5. The van der Waals surface area contributed by atoms with Crippen LogP contribution >= 0.6 is 0 Å². The fourth-order valence-electron chi connectivity index (χ4n) is 1.90. The highest BCUT2D eigenvalue weighted by atomic mass is 16.2. The number of carbonyl (C=O) groups excluding carboxylic acids is 1. The number of hydrogen-bond acceptors (Lipinski definition) is 5. The SMILES string of the molecule is O=C(NCCn1nc(C2CC2)ccc1=O)c1cn[nH]n1. The van der Waals surface area contributed by atoms with E-state index in [1.807, 2.05) is 0 Å². The molecule has 2 aromatic rings. The third kappa shape index (κ3) is 2.73. The third-order valence-corrected chi connectivity index (χ3v) is 3.14. The zero-order chi connectivity index (χ0) is 13.9. The molecule has 0 bridgehead atoms.